The predicted molar refractivity (Wildman–Crippen MR) is 115 cm³/mol. The Hall–Kier alpha value is -3.87. The molecule has 2 aromatic heterocycles. The summed E-state index contributed by atoms with van der Waals surface area (Å²) in [7, 11) is 0. The van der Waals surface area contributed by atoms with Crippen molar-refractivity contribution in [3.05, 3.63) is 95.3 Å². The Labute approximate surface area is 179 Å². The quantitative estimate of drug-likeness (QED) is 0.457. The summed E-state index contributed by atoms with van der Waals surface area (Å²) >= 11 is 0. The van der Waals surface area contributed by atoms with Gasteiger partial charge in [0.15, 0.2) is 0 Å². The normalized spacial score (nSPS) is 14.5. The van der Waals surface area contributed by atoms with Gasteiger partial charge in [0.05, 0.1) is 11.9 Å². The fourth-order valence-corrected chi connectivity index (χ4v) is 4.07. The Morgan fingerprint density at radius 3 is 2.71 bits per heavy atom. The zero-order valence-electron chi connectivity index (χ0n) is 17.2. The van der Waals surface area contributed by atoms with Crippen LogP contribution < -0.4 is 10.2 Å². The molecule has 4 aromatic rings. The molecule has 2 N–H and O–H groups in total. The van der Waals surface area contributed by atoms with Crippen LogP contribution in [0.15, 0.2) is 67.5 Å². The number of nitrogens with zero attached hydrogens (tertiary/aromatic N) is 4. The third kappa shape index (κ3) is 3.59. The molecule has 0 unspecified atom stereocenters. The number of nitrogens with one attached hydrogen (secondary N) is 1. The van der Waals surface area contributed by atoms with Crippen molar-refractivity contribution in [2.75, 3.05) is 0 Å². The van der Waals surface area contributed by atoms with Gasteiger partial charge in [-0.3, -0.25) is 5.41 Å². The standard InChI is InChI=1S/C24H23N5O2/c1-16-3-5-17(6-4-16)21-19-8-7-18(30)13-20(19)31-24-22(21)23(25)29(15-27-24)11-2-10-28-12-9-26-14-28/h3-9,12-15,21,25,30H,2,10-11H2,1H3/t21-/m0/s1. The van der Waals surface area contributed by atoms with Crippen LogP contribution in [-0.2, 0) is 13.1 Å². The van der Waals surface area contributed by atoms with Crippen LogP contribution in [0.1, 0.15) is 34.6 Å². The highest BCUT2D eigenvalue weighted by Gasteiger charge is 2.32. The highest BCUT2D eigenvalue weighted by Crippen LogP contribution is 2.45. The van der Waals surface area contributed by atoms with Gasteiger partial charge in [0.2, 0.25) is 5.88 Å². The van der Waals surface area contributed by atoms with Crippen molar-refractivity contribution in [2.24, 2.45) is 0 Å². The molecule has 0 saturated carbocycles. The first-order chi connectivity index (χ1) is 15.1. The summed E-state index contributed by atoms with van der Waals surface area (Å²) in [5.74, 6) is 0.935. The smallest absolute Gasteiger partial charge is 0.228 e. The van der Waals surface area contributed by atoms with E-state index >= 15 is 0 Å². The maximum Gasteiger partial charge on any atom is 0.228 e. The number of benzene rings is 2. The van der Waals surface area contributed by atoms with Crippen molar-refractivity contribution in [3.8, 4) is 17.4 Å². The maximum atomic E-state index is 9.96. The first kappa shape index (κ1) is 19.1. The number of aryl methyl sites for hydroxylation is 3. The number of phenols is 1. The van der Waals surface area contributed by atoms with E-state index in [1.807, 2.05) is 21.4 Å². The summed E-state index contributed by atoms with van der Waals surface area (Å²) in [6.45, 7) is 3.54. The Morgan fingerprint density at radius 1 is 1.10 bits per heavy atom. The van der Waals surface area contributed by atoms with E-state index in [1.54, 1.807) is 31.0 Å². The van der Waals surface area contributed by atoms with E-state index in [-0.39, 0.29) is 11.7 Å². The number of phenolic OH excluding ortho intramolecular Hbond substituents is 1. The van der Waals surface area contributed by atoms with Gasteiger partial charge in [-0.25, -0.2) is 9.97 Å². The van der Waals surface area contributed by atoms with E-state index in [0.717, 1.165) is 29.7 Å². The fraction of sp³-hybridized carbons (Fsp3) is 0.208. The van der Waals surface area contributed by atoms with Crippen LogP contribution in [0.5, 0.6) is 17.4 Å². The Balaban J connectivity index is 1.56. The molecule has 3 heterocycles. The lowest BCUT2D eigenvalue weighted by Gasteiger charge is -2.28. The van der Waals surface area contributed by atoms with E-state index in [1.165, 1.54) is 5.56 Å². The monoisotopic (exact) mass is 413 g/mol. The third-order valence-corrected chi connectivity index (χ3v) is 5.68. The molecule has 2 aromatic carbocycles. The second-order valence-corrected chi connectivity index (χ2v) is 7.83. The molecule has 1 aliphatic heterocycles. The van der Waals surface area contributed by atoms with Crippen molar-refractivity contribution >= 4 is 0 Å². The van der Waals surface area contributed by atoms with Crippen LogP contribution in [0.2, 0.25) is 0 Å². The second-order valence-electron chi connectivity index (χ2n) is 7.83. The third-order valence-electron chi connectivity index (χ3n) is 5.68. The second kappa shape index (κ2) is 7.75. The van der Waals surface area contributed by atoms with E-state index in [2.05, 4.69) is 41.2 Å². The molecule has 0 spiro atoms. The number of hydrogen-bond donors (Lipinski definition) is 2. The van der Waals surface area contributed by atoms with Crippen molar-refractivity contribution in [1.82, 2.24) is 19.1 Å². The first-order valence-electron chi connectivity index (χ1n) is 10.3. The molecule has 156 valence electrons. The topological polar surface area (TPSA) is 88.9 Å². The molecule has 0 bridgehead atoms. The summed E-state index contributed by atoms with van der Waals surface area (Å²) in [5.41, 5.74) is 4.29. The lowest BCUT2D eigenvalue weighted by atomic mass is 9.83. The molecule has 7 heteroatoms. The maximum absolute atomic E-state index is 9.96. The molecule has 0 fully saturated rings. The molecule has 1 atom stereocenters. The zero-order valence-corrected chi connectivity index (χ0v) is 17.2. The van der Waals surface area contributed by atoms with Gasteiger partial charge in [-0.05, 0) is 25.0 Å². The average molecular weight is 413 g/mol. The minimum atomic E-state index is -0.193. The van der Waals surface area contributed by atoms with Crippen molar-refractivity contribution in [2.45, 2.75) is 32.4 Å². The summed E-state index contributed by atoms with van der Waals surface area (Å²) in [5, 5.41) is 18.9. The predicted octanol–water partition coefficient (Wildman–Crippen LogP) is 3.95. The summed E-state index contributed by atoms with van der Waals surface area (Å²) < 4.78 is 9.91. The number of rotatable bonds is 5. The molecule has 0 saturated heterocycles. The molecule has 5 rings (SSSR count). The molecule has 1 aliphatic rings. The lowest BCUT2D eigenvalue weighted by Crippen LogP contribution is -2.30. The first-order valence-corrected chi connectivity index (χ1v) is 10.3. The van der Waals surface area contributed by atoms with Crippen LogP contribution in [0.3, 0.4) is 0 Å². The van der Waals surface area contributed by atoms with Gasteiger partial charge in [-0.1, -0.05) is 35.9 Å². The van der Waals surface area contributed by atoms with Gasteiger partial charge in [-0.2, -0.15) is 0 Å². The molecule has 31 heavy (non-hydrogen) atoms. The molecule has 7 nitrogen and oxygen atoms in total. The van der Waals surface area contributed by atoms with Gasteiger partial charge in [0, 0.05) is 43.0 Å². The molecule has 0 radical (unpaired) electrons. The van der Waals surface area contributed by atoms with Crippen molar-refractivity contribution in [1.29, 1.82) is 5.41 Å². The lowest BCUT2D eigenvalue weighted by molar-refractivity contribution is 0.411. The minimum Gasteiger partial charge on any atom is -0.508 e. The molecular formula is C24H23N5O2. The van der Waals surface area contributed by atoms with Crippen LogP contribution in [0.4, 0.5) is 0 Å². The number of fused-ring (bicyclic) bond motifs is 2. The van der Waals surface area contributed by atoms with Crippen LogP contribution in [0, 0.1) is 12.3 Å². The van der Waals surface area contributed by atoms with E-state index in [9.17, 15) is 5.11 Å². The molecule has 0 aliphatic carbocycles. The highest BCUT2D eigenvalue weighted by atomic mass is 16.5. The highest BCUT2D eigenvalue weighted by molar-refractivity contribution is 5.57. The van der Waals surface area contributed by atoms with Crippen LogP contribution in [-0.4, -0.2) is 24.2 Å². The Bertz CT molecular complexity index is 1280. The van der Waals surface area contributed by atoms with Crippen LogP contribution >= 0.6 is 0 Å². The van der Waals surface area contributed by atoms with Crippen LogP contribution in [0.25, 0.3) is 0 Å². The summed E-state index contributed by atoms with van der Waals surface area (Å²) in [4.78, 5) is 8.61. The summed E-state index contributed by atoms with van der Waals surface area (Å²) in [6, 6.07) is 13.5. The summed E-state index contributed by atoms with van der Waals surface area (Å²) in [6.07, 6.45) is 8.02. The molecule has 0 amide bonds. The van der Waals surface area contributed by atoms with E-state index in [0.29, 0.717) is 23.7 Å². The van der Waals surface area contributed by atoms with Crippen molar-refractivity contribution < 1.29 is 9.84 Å². The van der Waals surface area contributed by atoms with Gasteiger partial charge >= 0.3 is 0 Å². The van der Waals surface area contributed by atoms with E-state index < -0.39 is 0 Å². The number of ether oxygens (including phenoxy) is 1. The minimum absolute atomic E-state index is 0.140. The van der Waals surface area contributed by atoms with Gasteiger partial charge < -0.3 is 19.0 Å². The van der Waals surface area contributed by atoms with Crippen molar-refractivity contribution in [3.63, 3.8) is 0 Å². The van der Waals surface area contributed by atoms with Gasteiger partial charge in [-0.15, -0.1) is 0 Å². The fourth-order valence-electron chi connectivity index (χ4n) is 4.07. The van der Waals surface area contributed by atoms with Gasteiger partial charge in [0.1, 0.15) is 23.3 Å². The number of aromatic hydroxyl groups is 1. The number of imidazole rings is 1. The average Bonchev–Trinajstić information content (AvgIpc) is 3.28. The van der Waals surface area contributed by atoms with Gasteiger partial charge in [0.25, 0.3) is 0 Å². The SMILES string of the molecule is Cc1ccc([C@H]2c3ccc(O)cc3Oc3ncn(CCCn4ccnc4)c(=N)c32)cc1. The number of hydrogen-bond acceptors (Lipinski definition) is 5. The van der Waals surface area contributed by atoms with E-state index in [4.69, 9.17) is 10.1 Å². The molecular weight excluding hydrogens is 390 g/mol. The number of aromatic nitrogens is 4. The zero-order chi connectivity index (χ0) is 21.4. The largest absolute Gasteiger partial charge is 0.508 e. The Morgan fingerprint density at radius 2 is 1.94 bits per heavy atom. The Kier molecular flexibility index (Phi) is 4.78.